The monoisotopic (exact) mass is 388 g/mol. The van der Waals surface area contributed by atoms with Gasteiger partial charge in [-0.15, -0.1) is 5.10 Å². The molecule has 0 unspecified atom stereocenters. The highest BCUT2D eigenvalue weighted by Crippen LogP contribution is 2.30. The first-order chi connectivity index (χ1) is 13.8. The van der Waals surface area contributed by atoms with Crippen molar-refractivity contribution in [2.75, 3.05) is 12.4 Å². The van der Waals surface area contributed by atoms with Gasteiger partial charge < -0.3 is 10.1 Å². The van der Waals surface area contributed by atoms with Gasteiger partial charge in [0.05, 0.1) is 7.11 Å². The van der Waals surface area contributed by atoms with Crippen LogP contribution in [0.15, 0.2) is 84.0 Å². The van der Waals surface area contributed by atoms with E-state index in [9.17, 15) is 0 Å². The maximum atomic E-state index is 5.27. The predicted octanol–water partition coefficient (Wildman–Crippen LogP) is 5.52. The highest BCUT2D eigenvalue weighted by molar-refractivity contribution is 7.98. The number of nitrogens with one attached hydrogen (secondary N) is 2. The van der Waals surface area contributed by atoms with Crippen LogP contribution in [-0.2, 0) is 5.75 Å². The van der Waals surface area contributed by atoms with Crippen molar-refractivity contribution in [2.24, 2.45) is 0 Å². The molecular formula is C22H20N4OS. The molecular weight excluding hydrogens is 368 g/mol. The summed E-state index contributed by atoms with van der Waals surface area (Å²) < 4.78 is 5.27. The molecule has 0 spiro atoms. The van der Waals surface area contributed by atoms with Gasteiger partial charge in [0.15, 0.2) is 5.16 Å². The van der Waals surface area contributed by atoms with Crippen LogP contribution in [0.5, 0.6) is 5.75 Å². The SMILES string of the molecule is COc1cccc(CSc2nc(Nc3ccccc3-c3ccccc3)n[nH]2)c1. The molecule has 0 amide bonds. The van der Waals surface area contributed by atoms with Gasteiger partial charge in [-0.3, -0.25) is 5.10 Å². The maximum absolute atomic E-state index is 5.27. The van der Waals surface area contributed by atoms with Crippen LogP contribution in [0.3, 0.4) is 0 Å². The normalized spacial score (nSPS) is 10.6. The first-order valence-electron chi connectivity index (χ1n) is 8.91. The summed E-state index contributed by atoms with van der Waals surface area (Å²) in [7, 11) is 1.67. The lowest BCUT2D eigenvalue weighted by Crippen LogP contribution is -1.95. The van der Waals surface area contributed by atoms with Gasteiger partial charge in [-0.25, -0.2) is 0 Å². The van der Waals surface area contributed by atoms with Gasteiger partial charge in [-0.1, -0.05) is 72.4 Å². The molecule has 2 N–H and O–H groups in total. The Morgan fingerprint density at radius 3 is 2.64 bits per heavy atom. The van der Waals surface area contributed by atoms with Gasteiger partial charge in [0.2, 0.25) is 5.95 Å². The molecule has 0 aliphatic carbocycles. The fourth-order valence-electron chi connectivity index (χ4n) is 2.86. The fraction of sp³-hybridized carbons (Fsp3) is 0.0909. The summed E-state index contributed by atoms with van der Waals surface area (Å²) in [5.74, 6) is 2.19. The predicted molar refractivity (Wildman–Crippen MR) is 114 cm³/mol. The van der Waals surface area contributed by atoms with Crippen molar-refractivity contribution in [3.63, 3.8) is 0 Å². The third-order valence-electron chi connectivity index (χ3n) is 4.23. The standard InChI is InChI=1S/C22H20N4OS/c1-27-18-11-7-8-16(14-18)15-28-22-24-21(25-26-22)23-20-13-6-5-12-19(20)17-9-3-2-4-10-17/h2-14H,15H2,1H3,(H2,23,24,25,26). The summed E-state index contributed by atoms with van der Waals surface area (Å²) in [5.41, 5.74) is 4.40. The van der Waals surface area contributed by atoms with Gasteiger partial charge >= 0.3 is 0 Å². The highest BCUT2D eigenvalue weighted by Gasteiger charge is 2.09. The Hall–Kier alpha value is -3.25. The Balaban J connectivity index is 1.46. The summed E-state index contributed by atoms with van der Waals surface area (Å²) in [4.78, 5) is 4.55. The van der Waals surface area contributed by atoms with Gasteiger partial charge in [-0.2, -0.15) is 4.98 Å². The van der Waals surface area contributed by atoms with Crippen molar-refractivity contribution in [1.82, 2.24) is 15.2 Å². The van der Waals surface area contributed by atoms with E-state index in [0.717, 1.165) is 33.5 Å². The Bertz CT molecular complexity index is 1050. The van der Waals surface area contributed by atoms with E-state index in [0.29, 0.717) is 5.95 Å². The Labute approximate surface area is 168 Å². The van der Waals surface area contributed by atoms with E-state index in [2.05, 4.69) is 44.8 Å². The summed E-state index contributed by atoms with van der Waals surface area (Å²) in [5, 5.41) is 11.4. The van der Waals surface area contributed by atoms with Crippen LogP contribution < -0.4 is 10.1 Å². The van der Waals surface area contributed by atoms with E-state index in [1.165, 1.54) is 5.56 Å². The molecule has 140 valence electrons. The van der Waals surface area contributed by atoms with Crippen LogP contribution in [0.1, 0.15) is 5.56 Å². The number of aromatic amines is 1. The molecule has 1 heterocycles. The summed E-state index contributed by atoms with van der Waals surface area (Å²) >= 11 is 1.60. The van der Waals surface area contributed by atoms with E-state index in [1.54, 1.807) is 18.9 Å². The highest BCUT2D eigenvalue weighted by atomic mass is 32.2. The second-order valence-corrected chi connectivity index (χ2v) is 7.11. The molecule has 0 atom stereocenters. The van der Waals surface area contributed by atoms with Crippen molar-refractivity contribution in [2.45, 2.75) is 10.9 Å². The molecule has 4 aromatic rings. The minimum absolute atomic E-state index is 0.552. The van der Waals surface area contributed by atoms with Crippen LogP contribution in [0.4, 0.5) is 11.6 Å². The average Bonchev–Trinajstić information content (AvgIpc) is 3.21. The number of nitrogens with zero attached hydrogens (tertiary/aromatic N) is 2. The largest absolute Gasteiger partial charge is 0.497 e. The molecule has 0 bridgehead atoms. The fourth-order valence-corrected chi connectivity index (χ4v) is 3.61. The molecule has 5 nitrogen and oxygen atoms in total. The number of anilines is 2. The van der Waals surface area contributed by atoms with Crippen molar-refractivity contribution >= 4 is 23.4 Å². The molecule has 28 heavy (non-hydrogen) atoms. The van der Waals surface area contributed by atoms with E-state index >= 15 is 0 Å². The van der Waals surface area contributed by atoms with Crippen molar-refractivity contribution in [3.8, 4) is 16.9 Å². The second kappa shape index (κ2) is 8.63. The lowest BCUT2D eigenvalue weighted by atomic mass is 10.0. The van der Waals surface area contributed by atoms with E-state index in [1.807, 2.05) is 54.6 Å². The molecule has 0 saturated heterocycles. The van der Waals surface area contributed by atoms with Gasteiger partial charge in [0.1, 0.15) is 5.75 Å². The molecule has 0 saturated carbocycles. The Morgan fingerprint density at radius 1 is 0.964 bits per heavy atom. The summed E-state index contributed by atoms with van der Waals surface area (Å²) in [6.45, 7) is 0. The summed E-state index contributed by atoms with van der Waals surface area (Å²) in [6, 6.07) is 26.4. The quantitative estimate of drug-likeness (QED) is 0.408. The number of ether oxygens (including phenoxy) is 1. The number of rotatable bonds is 7. The molecule has 0 aliphatic rings. The lowest BCUT2D eigenvalue weighted by Gasteiger charge is -2.09. The number of H-pyrrole nitrogens is 1. The number of benzene rings is 3. The zero-order chi connectivity index (χ0) is 19.2. The zero-order valence-electron chi connectivity index (χ0n) is 15.4. The van der Waals surface area contributed by atoms with Crippen LogP contribution in [-0.4, -0.2) is 22.3 Å². The number of methoxy groups -OCH3 is 1. The smallest absolute Gasteiger partial charge is 0.247 e. The van der Waals surface area contributed by atoms with Gasteiger partial charge in [0, 0.05) is 17.0 Å². The van der Waals surface area contributed by atoms with Crippen LogP contribution in [0, 0.1) is 0 Å². The second-order valence-electron chi connectivity index (χ2n) is 6.14. The number of para-hydroxylation sites is 1. The Morgan fingerprint density at radius 2 is 1.79 bits per heavy atom. The van der Waals surface area contributed by atoms with Crippen molar-refractivity contribution < 1.29 is 4.74 Å². The molecule has 1 aromatic heterocycles. The number of thioether (sulfide) groups is 1. The molecule has 4 rings (SSSR count). The number of hydrogen-bond donors (Lipinski definition) is 2. The van der Waals surface area contributed by atoms with Crippen LogP contribution in [0.2, 0.25) is 0 Å². The maximum Gasteiger partial charge on any atom is 0.247 e. The average molecular weight is 388 g/mol. The first-order valence-corrected chi connectivity index (χ1v) is 9.90. The third kappa shape index (κ3) is 4.35. The minimum atomic E-state index is 0.552. The third-order valence-corrected chi connectivity index (χ3v) is 5.17. The van der Waals surface area contributed by atoms with Crippen LogP contribution in [0.25, 0.3) is 11.1 Å². The topological polar surface area (TPSA) is 62.8 Å². The number of aromatic nitrogens is 3. The van der Waals surface area contributed by atoms with Crippen LogP contribution >= 0.6 is 11.8 Å². The molecule has 0 fully saturated rings. The molecule has 6 heteroatoms. The van der Waals surface area contributed by atoms with E-state index in [-0.39, 0.29) is 0 Å². The van der Waals surface area contributed by atoms with Crippen molar-refractivity contribution in [1.29, 1.82) is 0 Å². The van der Waals surface area contributed by atoms with Gasteiger partial charge in [0.25, 0.3) is 0 Å². The van der Waals surface area contributed by atoms with E-state index < -0.39 is 0 Å². The summed E-state index contributed by atoms with van der Waals surface area (Å²) in [6.07, 6.45) is 0. The molecule has 3 aromatic carbocycles. The number of hydrogen-bond acceptors (Lipinski definition) is 5. The Kier molecular flexibility index (Phi) is 5.58. The lowest BCUT2D eigenvalue weighted by molar-refractivity contribution is 0.414. The van der Waals surface area contributed by atoms with Gasteiger partial charge in [-0.05, 0) is 29.3 Å². The van der Waals surface area contributed by atoms with E-state index in [4.69, 9.17) is 4.74 Å². The first kappa shape index (κ1) is 18.1. The zero-order valence-corrected chi connectivity index (χ0v) is 16.2. The molecule has 0 radical (unpaired) electrons. The molecule has 0 aliphatic heterocycles. The van der Waals surface area contributed by atoms with Crippen molar-refractivity contribution in [3.05, 3.63) is 84.4 Å². The minimum Gasteiger partial charge on any atom is -0.497 e.